The van der Waals surface area contributed by atoms with E-state index >= 15 is 0 Å². The normalized spacial score (nSPS) is 20.1. The number of nitro groups is 1. The van der Waals surface area contributed by atoms with Gasteiger partial charge in [-0.05, 0) is 40.0 Å². The number of nitrogens with one attached hydrogen (secondary N) is 1. The lowest BCUT2D eigenvalue weighted by Crippen LogP contribution is -2.24. The monoisotopic (exact) mass is 399 g/mol. The molecule has 0 radical (unpaired) electrons. The van der Waals surface area contributed by atoms with Crippen molar-refractivity contribution >= 4 is 27.4 Å². The van der Waals surface area contributed by atoms with Crippen molar-refractivity contribution in [2.24, 2.45) is 0 Å². The summed E-state index contributed by atoms with van der Waals surface area (Å²) in [5.41, 5.74) is 0.281. The molecule has 1 fully saturated rings. The summed E-state index contributed by atoms with van der Waals surface area (Å²) in [6, 6.07) is 4.54. The second kappa shape index (κ2) is 6.78. The first-order chi connectivity index (χ1) is 11.5. The van der Waals surface area contributed by atoms with Crippen molar-refractivity contribution in [3.63, 3.8) is 0 Å². The molecule has 0 aliphatic carbocycles. The van der Waals surface area contributed by atoms with Gasteiger partial charge in [-0.3, -0.25) is 10.1 Å². The highest BCUT2D eigenvalue weighted by Crippen LogP contribution is 2.34. The van der Waals surface area contributed by atoms with E-state index in [2.05, 4.69) is 26.2 Å². The maximum absolute atomic E-state index is 13.4. The molecule has 1 aliphatic heterocycles. The Morgan fingerprint density at radius 3 is 2.83 bits per heavy atom. The molecule has 2 aromatic rings. The first-order valence-corrected chi connectivity index (χ1v) is 7.88. The smallest absolute Gasteiger partial charge is 0.312 e. The number of halogens is 3. The molecule has 1 N–H and O–H groups in total. The molecule has 2 heterocycles. The van der Waals surface area contributed by atoms with Crippen LogP contribution in [-0.4, -0.2) is 22.6 Å². The zero-order valence-electron chi connectivity index (χ0n) is 12.2. The van der Waals surface area contributed by atoms with Crippen LogP contribution in [0, 0.1) is 21.7 Å². The van der Waals surface area contributed by atoms with Crippen LogP contribution >= 0.6 is 15.9 Å². The molecule has 2 unspecified atom stereocenters. The average molecular weight is 400 g/mol. The third-order valence-corrected chi connectivity index (χ3v) is 4.15. The van der Waals surface area contributed by atoms with Gasteiger partial charge < -0.3 is 10.1 Å². The largest absolute Gasteiger partial charge is 0.371 e. The third-order valence-electron chi connectivity index (χ3n) is 3.72. The zero-order valence-corrected chi connectivity index (χ0v) is 13.8. The van der Waals surface area contributed by atoms with E-state index in [0.717, 1.165) is 12.1 Å². The number of hydrogen-bond donors (Lipinski definition) is 1. The van der Waals surface area contributed by atoms with Crippen LogP contribution in [0.3, 0.4) is 0 Å². The lowest BCUT2D eigenvalue weighted by Gasteiger charge is -2.20. The van der Waals surface area contributed by atoms with Crippen molar-refractivity contribution in [1.82, 2.24) is 4.98 Å². The Morgan fingerprint density at radius 1 is 1.33 bits per heavy atom. The van der Waals surface area contributed by atoms with Gasteiger partial charge in [0, 0.05) is 23.3 Å². The summed E-state index contributed by atoms with van der Waals surface area (Å²) in [4.78, 5) is 14.7. The number of pyridine rings is 1. The fraction of sp³-hybridized carbons (Fsp3) is 0.267. The van der Waals surface area contributed by atoms with Gasteiger partial charge in [0.2, 0.25) is 5.82 Å². The van der Waals surface area contributed by atoms with Crippen LogP contribution in [0.4, 0.5) is 20.3 Å². The minimum absolute atomic E-state index is 0.103. The molecule has 1 aromatic heterocycles. The Bertz CT molecular complexity index is 791. The van der Waals surface area contributed by atoms with Gasteiger partial charge in [-0.25, -0.2) is 13.8 Å². The van der Waals surface area contributed by atoms with Gasteiger partial charge >= 0.3 is 5.69 Å². The Morgan fingerprint density at radius 2 is 2.12 bits per heavy atom. The summed E-state index contributed by atoms with van der Waals surface area (Å²) < 4.78 is 32.6. The van der Waals surface area contributed by atoms with E-state index in [0.29, 0.717) is 23.1 Å². The second-order valence-corrected chi connectivity index (χ2v) is 6.20. The molecule has 0 saturated carbocycles. The Kier molecular flexibility index (Phi) is 4.72. The lowest BCUT2D eigenvalue weighted by atomic mass is 10.0. The third kappa shape index (κ3) is 3.36. The molecule has 6 nitrogen and oxygen atoms in total. The average Bonchev–Trinajstić information content (AvgIpc) is 2.99. The molecule has 9 heteroatoms. The van der Waals surface area contributed by atoms with Gasteiger partial charge in [0.1, 0.15) is 6.10 Å². The maximum Gasteiger partial charge on any atom is 0.312 e. The van der Waals surface area contributed by atoms with Crippen molar-refractivity contribution in [3.8, 4) is 0 Å². The van der Waals surface area contributed by atoms with Crippen molar-refractivity contribution in [2.45, 2.75) is 18.6 Å². The van der Waals surface area contributed by atoms with Crippen molar-refractivity contribution in [3.05, 3.63) is 62.2 Å². The number of benzene rings is 1. The van der Waals surface area contributed by atoms with Gasteiger partial charge in [-0.2, -0.15) is 0 Å². The van der Waals surface area contributed by atoms with Crippen LogP contribution in [0.15, 0.2) is 34.9 Å². The number of ether oxygens (including phenoxy) is 1. The van der Waals surface area contributed by atoms with Gasteiger partial charge in [0.25, 0.3) is 0 Å². The molecular formula is C15H12BrF2N3O3. The van der Waals surface area contributed by atoms with Crippen molar-refractivity contribution in [1.29, 1.82) is 0 Å². The van der Waals surface area contributed by atoms with Crippen molar-refractivity contribution in [2.75, 3.05) is 11.9 Å². The molecule has 2 atom stereocenters. The van der Waals surface area contributed by atoms with E-state index in [1.807, 2.05) is 0 Å². The van der Waals surface area contributed by atoms with E-state index < -0.39 is 22.7 Å². The molecule has 1 aromatic carbocycles. The summed E-state index contributed by atoms with van der Waals surface area (Å²) in [7, 11) is 0. The van der Waals surface area contributed by atoms with Gasteiger partial charge in [0.05, 0.1) is 11.0 Å². The first-order valence-electron chi connectivity index (χ1n) is 7.08. The Hall–Kier alpha value is -2.13. The number of aromatic nitrogens is 1. The summed E-state index contributed by atoms with van der Waals surface area (Å²) >= 11 is 3.14. The highest BCUT2D eigenvalue weighted by Gasteiger charge is 2.32. The van der Waals surface area contributed by atoms with E-state index in [-0.39, 0.29) is 17.5 Å². The predicted molar refractivity (Wildman–Crippen MR) is 85.7 cm³/mol. The van der Waals surface area contributed by atoms with Crippen LogP contribution in [0.2, 0.25) is 0 Å². The maximum atomic E-state index is 13.4. The number of anilines is 1. The molecule has 3 rings (SSSR count). The molecule has 24 heavy (non-hydrogen) atoms. The summed E-state index contributed by atoms with van der Waals surface area (Å²) in [5.74, 6) is -1.80. The number of hydrogen-bond acceptors (Lipinski definition) is 5. The summed E-state index contributed by atoms with van der Waals surface area (Å²) in [6.45, 7) is 0.394. The number of nitrogens with zero attached hydrogens (tertiary/aromatic N) is 2. The zero-order chi connectivity index (χ0) is 17.3. The van der Waals surface area contributed by atoms with E-state index in [9.17, 15) is 18.9 Å². The van der Waals surface area contributed by atoms with Crippen molar-refractivity contribution < 1.29 is 18.4 Å². The summed E-state index contributed by atoms with van der Waals surface area (Å²) in [6.07, 6.45) is 1.45. The molecule has 126 valence electrons. The quantitative estimate of drug-likeness (QED) is 0.621. The van der Waals surface area contributed by atoms with E-state index in [4.69, 9.17) is 4.74 Å². The van der Waals surface area contributed by atoms with E-state index in [1.54, 1.807) is 0 Å². The van der Waals surface area contributed by atoms with Crippen LogP contribution in [-0.2, 0) is 4.74 Å². The minimum atomic E-state index is -0.963. The Labute approximate surface area is 144 Å². The molecule has 1 saturated heterocycles. The molecule has 0 bridgehead atoms. The number of rotatable bonds is 4. The standard InChI is InChI=1S/C15H12BrF2N3O3/c16-9-6-13(21(22)23)15(19-7-9)20-12-3-4-24-14(12)8-1-2-10(17)11(18)5-8/h1-2,5-7,12,14H,3-4H2,(H,19,20). The predicted octanol–water partition coefficient (Wildman–Crippen LogP) is 3.97. The minimum Gasteiger partial charge on any atom is -0.371 e. The fourth-order valence-corrected chi connectivity index (χ4v) is 2.93. The topological polar surface area (TPSA) is 77.3 Å². The second-order valence-electron chi connectivity index (χ2n) is 5.28. The fourth-order valence-electron chi connectivity index (χ4n) is 2.61. The highest BCUT2D eigenvalue weighted by atomic mass is 79.9. The van der Waals surface area contributed by atoms with Gasteiger partial charge in [-0.15, -0.1) is 0 Å². The van der Waals surface area contributed by atoms with Gasteiger partial charge in [0.15, 0.2) is 11.6 Å². The van der Waals surface area contributed by atoms with Crippen LogP contribution in [0.1, 0.15) is 18.1 Å². The van der Waals surface area contributed by atoms with E-state index in [1.165, 1.54) is 18.3 Å². The first kappa shape index (κ1) is 16.7. The van der Waals surface area contributed by atoms with Gasteiger partial charge in [-0.1, -0.05) is 6.07 Å². The lowest BCUT2D eigenvalue weighted by molar-refractivity contribution is -0.384. The molecular weight excluding hydrogens is 388 g/mol. The van der Waals surface area contributed by atoms with Crippen LogP contribution < -0.4 is 5.32 Å². The van der Waals surface area contributed by atoms with Crippen LogP contribution in [0.25, 0.3) is 0 Å². The summed E-state index contributed by atoms with van der Waals surface area (Å²) in [5, 5.41) is 14.1. The Balaban J connectivity index is 1.87. The highest BCUT2D eigenvalue weighted by molar-refractivity contribution is 9.10. The van der Waals surface area contributed by atoms with Crippen LogP contribution in [0.5, 0.6) is 0 Å². The molecule has 0 spiro atoms. The molecule has 0 amide bonds. The molecule has 1 aliphatic rings. The SMILES string of the molecule is O=[N+]([O-])c1cc(Br)cnc1NC1CCOC1c1ccc(F)c(F)c1.